The van der Waals surface area contributed by atoms with Crippen LogP contribution in [0.5, 0.6) is 5.75 Å². The van der Waals surface area contributed by atoms with Crippen LogP contribution in [0.25, 0.3) is 22.1 Å². The van der Waals surface area contributed by atoms with Gasteiger partial charge in [-0.2, -0.15) is 0 Å². The van der Waals surface area contributed by atoms with Crippen LogP contribution in [0.4, 0.5) is 0 Å². The lowest BCUT2D eigenvalue weighted by Gasteiger charge is -2.12. The summed E-state index contributed by atoms with van der Waals surface area (Å²) in [6, 6.07) is 21.8. The van der Waals surface area contributed by atoms with Gasteiger partial charge in [-0.3, -0.25) is 4.79 Å². The number of fused-ring (bicyclic) bond motifs is 1. The van der Waals surface area contributed by atoms with Crippen LogP contribution in [0, 0.1) is 6.92 Å². The summed E-state index contributed by atoms with van der Waals surface area (Å²) < 4.78 is 10.7. The van der Waals surface area contributed by atoms with Gasteiger partial charge in [-0.25, -0.2) is 4.79 Å². The molecule has 138 valence electrons. The van der Waals surface area contributed by atoms with Gasteiger partial charge in [0.25, 0.3) is 0 Å². The Hall–Kier alpha value is -3.66. The molecule has 1 aromatic heterocycles. The van der Waals surface area contributed by atoms with Gasteiger partial charge in [-0.1, -0.05) is 48.5 Å². The fourth-order valence-electron chi connectivity index (χ4n) is 3.36. The normalized spacial score (nSPS) is 10.8. The van der Waals surface area contributed by atoms with E-state index in [0.29, 0.717) is 22.5 Å². The van der Waals surface area contributed by atoms with Gasteiger partial charge < -0.3 is 9.15 Å². The summed E-state index contributed by atoms with van der Waals surface area (Å²) in [6.45, 7) is 1.88. The SMILES string of the molecule is COc1ccc(C(=O)c2c(-c3ccccc3)c3cccc(C)c3oc2=O)cc1. The maximum atomic E-state index is 13.3. The predicted octanol–water partition coefficient (Wildman–Crippen LogP) is 5.01. The molecule has 4 heteroatoms. The molecule has 4 aromatic rings. The number of rotatable bonds is 4. The van der Waals surface area contributed by atoms with Crippen LogP contribution in [-0.4, -0.2) is 12.9 Å². The van der Waals surface area contributed by atoms with Crippen molar-refractivity contribution in [2.45, 2.75) is 6.92 Å². The van der Waals surface area contributed by atoms with Crippen molar-refractivity contribution in [2.75, 3.05) is 7.11 Å². The highest BCUT2D eigenvalue weighted by molar-refractivity contribution is 6.16. The number of hydrogen-bond acceptors (Lipinski definition) is 4. The van der Waals surface area contributed by atoms with Crippen molar-refractivity contribution >= 4 is 16.8 Å². The van der Waals surface area contributed by atoms with E-state index in [-0.39, 0.29) is 11.3 Å². The van der Waals surface area contributed by atoms with Gasteiger partial charge in [0, 0.05) is 16.5 Å². The van der Waals surface area contributed by atoms with Gasteiger partial charge in [-0.15, -0.1) is 0 Å². The summed E-state index contributed by atoms with van der Waals surface area (Å²) in [5.74, 6) is 0.264. The molecule has 0 unspecified atom stereocenters. The third-order valence-corrected chi connectivity index (χ3v) is 4.77. The Kier molecular flexibility index (Phi) is 4.53. The van der Waals surface area contributed by atoms with Crippen molar-refractivity contribution in [2.24, 2.45) is 0 Å². The molecule has 0 saturated heterocycles. The summed E-state index contributed by atoms with van der Waals surface area (Å²) in [7, 11) is 1.56. The molecule has 0 saturated carbocycles. The lowest BCUT2D eigenvalue weighted by atomic mass is 9.92. The lowest BCUT2D eigenvalue weighted by Crippen LogP contribution is -2.17. The lowest BCUT2D eigenvalue weighted by molar-refractivity contribution is 0.103. The second kappa shape index (κ2) is 7.16. The summed E-state index contributed by atoms with van der Waals surface area (Å²) in [5.41, 5.74) is 2.53. The quantitative estimate of drug-likeness (QED) is 0.374. The number of carbonyl (C=O) groups is 1. The first-order chi connectivity index (χ1) is 13.6. The molecule has 0 N–H and O–H groups in total. The van der Waals surface area contributed by atoms with Crippen LogP contribution in [0.2, 0.25) is 0 Å². The zero-order valence-corrected chi connectivity index (χ0v) is 15.6. The zero-order valence-electron chi connectivity index (χ0n) is 15.6. The first kappa shape index (κ1) is 17.7. The Morgan fingerprint density at radius 3 is 2.29 bits per heavy atom. The third-order valence-electron chi connectivity index (χ3n) is 4.77. The number of para-hydroxylation sites is 1. The van der Waals surface area contributed by atoms with E-state index in [1.54, 1.807) is 31.4 Å². The van der Waals surface area contributed by atoms with Crippen LogP contribution < -0.4 is 10.4 Å². The van der Waals surface area contributed by atoms with Crippen LogP contribution in [-0.2, 0) is 0 Å². The van der Waals surface area contributed by atoms with E-state index in [2.05, 4.69) is 0 Å². The summed E-state index contributed by atoms with van der Waals surface area (Å²) in [6.07, 6.45) is 0. The fourth-order valence-corrected chi connectivity index (χ4v) is 3.36. The van der Waals surface area contributed by atoms with Gasteiger partial charge in [0.2, 0.25) is 5.78 Å². The van der Waals surface area contributed by atoms with Gasteiger partial charge >= 0.3 is 5.63 Å². The third kappa shape index (κ3) is 2.99. The van der Waals surface area contributed by atoms with Crippen molar-refractivity contribution in [3.05, 3.63) is 99.9 Å². The summed E-state index contributed by atoms with van der Waals surface area (Å²) in [4.78, 5) is 26.2. The maximum Gasteiger partial charge on any atom is 0.348 e. The number of benzene rings is 3. The standard InChI is InChI=1S/C24H18O4/c1-15-7-6-10-19-20(16-8-4-3-5-9-16)21(24(26)28-23(15)19)22(25)17-11-13-18(27-2)14-12-17/h3-14H,1-2H3. The summed E-state index contributed by atoms with van der Waals surface area (Å²) in [5, 5.41) is 0.739. The molecule has 0 aliphatic carbocycles. The number of aryl methyl sites for hydroxylation is 1. The first-order valence-corrected chi connectivity index (χ1v) is 8.90. The van der Waals surface area contributed by atoms with E-state index in [0.717, 1.165) is 16.5 Å². The number of methoxy groups -OCH3 is 1. The average molecular weight is 370 g/mol. The van der Waals surface area contributed by atoms with E-state index in [9.17, 15) is 9.59 Å². The minimum absolute atomic E-state index is 0.0365. The molecule has 0 fully saturated rings. The topological polar surface area (TPSA) is 56.5 Å². The highest BCUT2D eigenvalue weighted by atomic mass is 16.5. The van der Waals surface area contributed by atoms with E-state index in [1.807, 2.05) is 55.5 Å². The Morgan fingerprint density at radius 1 is 0.893 bits per heavy atom. The number of ketones is 1. The second-order valence-electron chi connectivity index (χ2n) is 6.51. The fraction of sp³-hybridized carbons (Fsp3) is 0.0833. The van der Waals surface area contributed by atoms with Crippen molar-refractivity contribution < 1.29 is 13.9 Å². The Labute approximate surface area is 162 Å². The minimum Gasteiger partial charge on any atom is -0.497 e. The molecule has 3 aromatic carbocycles. The molecule has 0 atom stereocenters. The molecule has 0 amide bonds. The van der Waals surface area contributed by atoms with Gasteiger partial charge in [-0.05, 0) is 42.3 Å². The van der Waals surface area contributed by atoms with E-state index in [4.69, 9.17) is 9.15 Å². The maximum absolute atomic E-state index is 13.3. The molecular formula is C24H18O4. The van der Waals surface area contributed by atoms with Crippen molar-refractivity contribution in [3.8, 4) is 16.9 Å². The van der Waals surface area contributed by atoms with Crippen molar-refractivity contribution in [1.82, 2.24) is 0 Å². The first-order valence-electron chi connectivity index (χ1n) is 8.90. The molecule has 0 bridgehead atoms. The monoisotopic (exact) mass is 370 g/mol. The molecule has 1 heterocycles. The van der Waals surface area contributed by atoms with Crippen LogP contribution >= 0.6 is 0 Å². The molecular weight excluding hydrogens is 352 g/mol. The van der Waals surface area contributed by atoms with Crippen LogP contribution in [0.3, 0.4) is 0 Å². The van der Waals surface area contributed by atoms with E-state index in [1.165, 1.54) is 0 Å². The average Bonchev–Trinajstić information content (AvgIpc) is 2.74. The molecule has 4 rings (SSSR count). The molecule has 0 aliphatic heterocycles. The Morgan fingerprint density at radius 2 is 1.61 bits per heavy atom. The molecule has 0 aliphatic rings. The summed E-state index contributed by atoms with van der Waals surface area (Å²) >= 11 is 0. The molecule has 0 radical (unpaired) electrons. The smallest absolute Gasteiger partial charge is 0.348 e. The van der Waals surface area contributed by atoms with Gasteiger partial charge in [0.1, 0.15) is 16.9 Å². The van der Waals surface area contributed by atoms with Crippen molar-refractivity contribution in [3.63, 3.8) is 0 Å². The Bertz CT molecular complexity index is 1220. The number of ether oxygens (including phenoxy) is 1. The predicted molar refractivity (Wildman–Crippen MR) is 109 cm³/mol. The highest BCUT2D eigenvalue weighted by Crippen LogP contribution is 2.33. The van der Waals surface area contributed by atoms with Crippen LogP contribution in [0.1, 0.15) is 21.5 Å². The number of carbonyl (C=O) groups excluding carboxylic acids is 1. The highest BCUT2D eigenvalue weighted by Gasteiger charge is 2.24. The van der Waals surface area contributed by atoms with E-state index >= 15 is 0 Å². The Balaban J connectivity index is 2.03. The largest absolute Gasteiger partial charge is 0.497 e. The van der Waals surface area contributed by atoms with E-state index < -0.39 is 5.63 Å². The van der Waals surface area contributed by atoms with Gasteiger partial charge in [0.05, 0.1) is 7.11 Å². The van der Waals surface area contributed by atoms with Crippen LogP contribution in [0.15, 0.2) is 82.0 Å². The second-order valence-corrected chi connectivity index (χ2v) is 6.51. The minimum atomic E-state index is -0.638. The molecule has 4 nitrogen and oxygen atoms in total. The van der Waals surface area contributed by atoms with Gasteiger partial charge in [0.15, 0.2) is 0 Å². The molecule has 0 spiro atoms. The number of hydrogen-bond donors (Lipinski definition) is 0. The molecule has 28 heavy (non-hydrogen) atoms. The zero-order chi connectivity index (χ0) is 19.7. The van der Waals surface area contributed by atoms with Crippen molar-refractivity contribution in [1.29, 1.82) is 0 Å².